The summed E-state index contributed by atoms with van der Waals surface area (Å²) in [6.07, 6.45) is 1.93. The summed E-state index contributed by atoms with van der Waals surface area (Å²) in [6.45, 7) is 2.91. The molecule has 0 aromatic heterocycles. The van der Waals surface area contributed by atoms with Crippen molar-refractivity contribution in [3.63, 3.8) is 0 Å². The van der Waals surface area contributed by atoms with Gasteiger partial charge in [0, 0.05) is 18.1 Å². The van der Waals surface area contributed by atoms with E-state index >= 15 is 0 Å². The van der Waals surface area contributed by atoms with E-state index in [0.717, 1.165) is 18.4 Å². The van der Waals surface area contributed by atoms with Gasteiger partial charge in [0.15, 0.2) is 0 Å². The van der Waals surface area contributed by atoms with Gasteiger partial charge in [0.2, 0.25) is 5.91 Å². The van der Waals surface area contributed by atoms with Crippen molar-refractivity contribution < 1.29 is 14.3 Å². The Morgan fingerprint density at radius 3 is 2.38 bits per heavy atom. The van der Waals surface area contributed by atoms with Gasteiger partial charge in [0.05, 0.1) is 18.9 Å². The van der Waals surface area contributed by atoms with Crippen molar-refractivity contribution in [3.05, 3.63) is 34.9 Å². The lowest BCUT2D eigenvalue weighted by Crippen LogP contribution is -2.40. The fraction of sp³-hybridized carbons (Fsp3) is 0.500. The maximum Gasteiger partial charge on any atom is 0.307 e. The minimum atomic E-state index is -0.420. The number of amides is 1. The van der Waals surface area contributed by atoms with Crippen molar-refractivity contribution in [1.29, 1.82) is 0 Å². The Labute approximate surface area is 130 Å². The van der Waals surface area contributed by atoms with Gasteiger partial charge in [-0.05, 0) is 37.5 Å². The summed E-state index contributed by atoms with van der Waals surface area (Å²) in [5, 5.41) is 0.667. The second kappa shape index (κ2) is 6.48. The number of esters is 1. The molecule has 5 heteroatoms. The summed E-state index contributed by atoms with van der Waals surface area (Å²) in [4.78, 5) is 25.8. The van der Waals surface area contributed by atoms with E-state index in [1.165, 1.54) is 7.11 Å². The van der Waals surface area contributed by atoms with Gasteiger partial charge >= 0.3 is 5.97 Å². The average molecular weight is 310 g/mol. The zero-order valence-electron chi connectivity index (χ0n) is 12.4. The molecule has 0 bridgehead atoms. The molecule has 0 atom stereocenters. The Bertz CT molecular complexity index is 523. The highest BCUT2D eigenvalue weighted by molar-refractivity contribution is 6.30. The lowest BCUT2D eigenvalue weighted by Gasteiger charge is -2.26. The Morgan fingerprint density at radius 2 is 1.90 bits per heavy atom. The first kappa shape index (κ1) is 15.8. The van der Waals surface area contributed by atoms with Gasteiger partial charge in [-0.3, -0.25) is 9.59 Å². The minimum absolute atomic E-state index is 0.0937. The van der Waals surface area contributed by atoms with E-state index in [4.69, 9.17) is 11.6 Å². The quantitative estimate of drug-likeness (QED) is 0.759. The molecule has 0 radical (unpaired) electrons. The zero-order valence-corrected chi connectivity index (χ0v) is 13.2. The molecule has 0 aliphatic heterocycles. The SMILES string of the molecule is CCN(CCC(=O)OC)C(=O)C1(c2ccc(Cl)cc2)CC1. The van der Waals surface area contributed by atoms with Gasteiger partial charge in [0.1, 0.15) is 0 Å². The number of likely N-dealkylation sites (N-methyl/N-ethyl adjacent to an activating group) is 1. The van der Waals surface area contributed by atoms with Crippen LogP contribution in [0.3, 0.4) is 0 Å². The Balaban J connectivity index is 2.09. The third kappa shape index (κ3) is 3.38. The number of ether oxygens (including phenoxy) is 1. The van der Waals surface area contributed by atoms with Crippen LogP contribution >= 0.6 is 11.6 Å². The molecule has 0 saturated heterocycles. The monoisotopic (exact) mass is 309 g/mol. The highest BCUT2D eigenvalue weighted by atomic mass is 35.5. The van der Waals surface area contributed by atoms with Gasteiger partial charge in [-0.25, -0.2) is 0 Å². The molecule has 1 aliphatic rings. The van der Waals surface area contributed by atoms with E-state index in [1.807, 2.05) is 31.2 Å². The van der Waals surface area contributed by atoms with Gasteiger partial charge in [0.25, 0.3) is 0 Å². The summed E-state index contributed by atoms with van der Waals surface area (Å²) in [6, 6.07) is 7.46. The van der Waals surface area contributed by atoms with Crippen molar-refractivity contribution in [1.82, 2.24) is 4.90 Å². The van der Waals surface area contributed by atoms with Crippen molar-refractivity contribution in [2.45, 2.75) is 31.6 Å². The molecule has 1 fully saturated rings. The number of hydrogen-bond donors (Lipinski definition) is 0. The van der Waals surface area contributed by atoms with Crippen molar-refractivity contribution in [3.8, 4) is 0 Å². The fourth-order valence-electron chi connectivity index (χ4n) is 2.55. The summed E-state index contributed by atoms with van der Waals surface area (Å²) in [5.74, 6) is -0.200. The van der Waals surface area contributed by atoms with Crippen molar-refractivity contribution >= 4 is 23.5 Å². The largest absolute Gasteiger partial charge is 0.469 e. The number of carbonyl (C=O) groups is 2. The number of rotatable bonds is 6. The van der Waals surface area contributed by atoms with Crippen LogP contribution in [0.25, 0.3) is 0 Å². The van der Waals surface area contributed by atoms with Gasteiger partial charge in [-0.15, -0.1) is 0 Å². The summed E-state index contributed by atoms with van der Waals surface area (Å²) in [5.41, 5.74) is 0.588. The number of carbonyl (C=O) groups excluding carboxylic acids is 2. The second-order valence-electron chi connectivity index (χ2n) is 5.30. The van der Waals surface area contributed by atoms with E-state index in [9.17, 15) is 9.59 Å². The third-order valence-corrected chi connectivity index (χ3v) is 4.29. The molecule has 1 aromatic carbocycles. The molecule has 2 rings (SSSR count). The number of halogens is 1. The highest BCUT2D eigenvalue weighted by Crippen LogP contribution is 2.49. The van der Waals surface area contributed by atoms with Gasteiger partial charge in [-0.2, -0.15) is 0 Å². The van der Waals surface area contributed by atoms with Crippen LogP contribution in [0.15, 0.2) is 24.3 Å². The van der Waals surface area contributed by atoms with Crippen LogP contribution in [-0.2, 0) is 19.7 Å². The first-order valence-corrected chi connectivity index (χ1v) is 7.53. The molecule has 1 aromatic rings. The van der Waals surface area contributed by atoms with E-state index in [-0.39, 0.29) is 18.3 Å². The Hall–Kier alpha value is -1.55. The van der Waals surface area contributed by atoms with E-state index in [1.54, 1.807) is 4.90 Å². The molecule has 0 spiro atoms. The predicted molar refractivity (Wildman–Crippen MR) is 81.3 cm³/mol. The summed E-state index contributed by atoms with van der Waals surface area (Å²) in [7, 11) is 1.36. The first-order valence-electron chi connectivity index (χ1n) is 7.15. The predicted octanol–water partition coefficient (Wildman–Crippen LogP) is 2.78. The molecule has 0 heterocycles. The molecule has 1 saturated carbocycles. The molecule has 1 aliphatic carbocycles. The number of nitrogens with zero attached hydrogens (tertiary/aromatic N) is 1. The number of benzene rings is 1. The molecule has 114 valence electrons. The standard InChI is InChI=1S/C16H20ClNO3/c1-3-18(11-8-14(19)21-2)15(20)16(9-10-16)12-4-6-13(17)7-5-12/h4-7H,3,8-11H2,1-2H3. The third-order valence-electron chi connectivity index (χ3n) is 4.04. The second-order valence-corrected chi connectivity index (χ2v) is 5.74. The maximum absolute atomic E-state index is 12.8. The molecular formula is C16H20ClNO3. The van der Waals surface area contributed by atoms with Crippen LogP contribution in [0.4, 0.5) is 0 Å². The first-order chi connectivity index (χ1) is 10.0. The van der Waals surface area contributed by atoms with Crippen molar-refractivity contribution in [2.75, 3.05) is 20.2 Å². The molecular weight excluding hydrogens is 290 g/mol. The number of methoxy groups -OCH3 is 1. The molecule has 1 amide bonds. The molecule has 21 heavy (non-hydrogen) atoms. The summed E-state index contributed by atoms with van der Waals surface area (Å²) >= 11 is 5.91. The van der Waals surface area contributed by atoms with Crippen molar-refractivity contribution in [2.24, 2.45) is 0 Å². The lowest BCUT2D eigenvalue weighted by atomic mass is 9.94. The van der Waals surface area contributed by atoms with E-state index < -0.39 is 5.41 Å². The topological polar surface area (TPSA) is 46.6 Å². The Morgan fingerprint density at radius 1 is 1.29 bits per heavy atom. The lowest BCUT2D eigenvalue weighted by molar-refractivity contribution is -0.142. The van der Waals surface area contributed by atoms with Crippen LogP contribution < -0.4 is 0 Å². The average Bonchev–Trinajstić information content (AvgIpc) is 3.29. The molecule has 0 N–H and O–H groups in total. The normalized spacial score (nSPS) is 15.4. The molecule has 4 nitrogen and oxygen atoms in total. The highest BCUT2D eigenvalue weighted by Gasteiger charge is 2.52. The molecule has 0 unspecified atom stereocenters. The smallest absolute Gasteiger partial charge is 0.307 e. The Kier molecular flexibility index (Phi) is 4.88. The van der Waals surface area contributed by atoms with Gasteiger partial charge < -0.3 is 9.64 Å². The summed E-state index contributed by atoms with van der Waals surface area (Å²) < 4.78 is 4.63. The van der Waals surface area contributed by atoms with Crippen LogP contribution in [-0.4, -0.2) is 37.0 Å². The van der Waals surface area contributed by atoms with Gasteiger partial charge in [-0.1, -0.05) is 23.7 Å². The van der Waals surface area contributed by atoms with Crippen LogP contribution in [0.1, 0.15) is 31.7 Å². The maximum atomic E-state index is 12.8. The zero-order chi connectivity index (χ0) is 15.5. The number of hydrogen-bond acceptors (Lipinski definition) is 3. The van der Waals surface area contributed by atoms with E-state index in [0.29, 0.717) is 18.1 Å². The van der Waals surface area contributed by atoms with Crippen LogP contribution in [0, 0.1) is 0 Å². The minimum Gasteiger partial charge on any atom is -0.469 e. The van der Waals surface area contributed by atoms with Crippen LogP contribution in [0.2, 0.25) is 5.02 Å². The van der Waals surface area contributed by atoms with E-state index in [2.05, 4.69) is 4.74 Å². The van der Waals surface area contributed by atoms with Crippen LogP contribution in [0.5, 0.6) is 0 Å². The fourth-order valence-corrected chi connectivity index (χ4v) is 2.68.